The summed E-state index contributed by atoms with van der Waals surface area (Å²) >= 11 is 0. The second-order valence-electron chi connectivity index (χ2n) is 9.80. The van der Waals surface area contributed by atoms with Gasteiger partial charge < -0.3 is 9.15 Å². The second kappa shape index (κ2) is 10.9. The fraction of sp³-hybridized carbons (Fsp3) is 0.188. The van der Waals surface area contributed by atoms with E-state index in [1.807, 2.05) is 81.6 Å². The monoisotopic (exact) mass is 532 g/mol. The molecule has 0 spiro atoms. The number of hydrogen-bond donors (Lipinski definition) is 0. The van der Waals surface area contributed by atoms with Crippen LogP contribution in [0, 0.1) is 18.3 Å². The molecule has 8 heteroatoms. The van der Waals surface area contributed by atoms with Crippen LogP contribution in [0.3, 0.4) is 0 Å². The minimum atomic E-state index is -0.643. The van der Waals surface area contributed by atoms with E-state index in [1.54, 1.807) is 29.8 Å². The van der Waals surface area contributed by atoms with Crippen LogP contribution in [0.5, 0.6) is 5.75 Å². The number of nitriles is 1. The highest BCUT2D eigenvalue weighted by molar-refractivity contribution is 6.19. The number of ether oxygens (including phenoxy) is 1. The minimum Gasteiger partial charge on any atom is -0.491 e. The standard InChI is InChI=1S/C32H28N4O4/c1-20(2)40-25-12-13-27(21(3)15-25)30-23(18-36(34-30)24-9-6-5-7-10-24)16-28-22(4)29(17-33)32(38)35(31(28)37)19-26-11-8-14-39-26/h5-16,18,20H,19H2,1-4H3/b28-16+. The van der Waals surface area contributed by atoms with Crippen LogP contribution in [0.25, 0.3) is 23.0 Å². The van der Waals surface area contributed by atoms with Crippen molar-refractivity contribution in [3.05, 3.63) is 107 Å². The maximum atomic E-state index is 13.7. The van der Waals surface area contributed by atoms with E-state index < -0.39 is 11.8 Å². The predicted molar refractivity (Wildman–Crippen MR) is 150 cm³/mol. The number of para-hydroxylation sites is 1. The van der Waals surface area contributed by atoms with Crippen molar-refractivity contribution in [1.82, 2.24) is 14.7 Å². The molecule has 8 nitrogen and oxygen atoms in total. The van der Waals surface area contributed by atoms with Crippen molar-refractivity contribution in [2.24, 2.45) is 0 Å². The van der Waals surface area contributed by atoms with E-state index in [1.165, 1.54) is 6.26 Å². The van der Waals surface area contributed by atoms with Crippen molar-refractivity contribution in [2.75, 3.05) is 0 Å². The van der Waals surface area contributed by atoms with E-state index in [0.717, 1.165) is 27.5 Å². The van der Waals surface area contributed by atoms with E-state index in [-0.39, 0.29) is 23.8 Å². The molecule has 0 atom stereocenters. The van der Waals surface area contributed by atoms with Crippen LogP contribution >= 0.6 is 0 Å². The first-order valence-corrected chi connectivity index (χ1v) is 12.9. The molecule has 0 saturated heterocycles. The summed E-state index contributed by atoms with van der Waals surface area (Å²) in [4.78, 5) is 27.8. The summed E-state index contributed by atoms with van der Waals surface area (Å²) < 4.78 is 13.0. The van der Waals surface area contributed by atoms with Gasteiger partial charge >= 0.3 is 0 Å². The summed E-state index contributed by atoms with van der Waals surface area (Å²) in [6.07, 6.45) is 5.06. The molecule has 3 heterocycles. The second-order valence-corrected chi connectivity index (χ2v) is 9.80. The average Bonchev–Trinajstić information content (AvgIpc) is 3.60. The molecule has 0 aliphatic carbocycles. The number of benzene rings is 2. The van der Waals surface area contributed by atoms with Crippen LogP contribution < -0.4 is 4.74 Å². The third-order valence-electron chi connectivity index (χ3n) is 6.61. The van der Waals surface area contributed by atoms with Crippen LogP contribution in [0.2, 0.25) is 0 Å². The zero-order valence-corrected chi connectivity index (χ0v) is 22.7. The van der Waals surface area contributed by atoms with Gasteiger partial charge in [-0.2, -0.15) is 10.4 Å². The average molecular weight is 533 g/mol. The normalized spacial score (nSPS) is 14.8. The van der Waals surface area contributed by atoms with Gasteiger partial charge in [-0.05, 0) is 87.4 Å². The number of aromatic nitrogens is 2. The third-order valence-corrected chi connectivity index (χ3v) is 6.61. The lowest BCUT2D eigenvalue weighted by molar-refractivity contribution is -0.141. The number of carbonyl (C=O) groups is 2. The van der Waals surface area contributed by atoms with Gasteiger partial charge in [-0.3, -0.25) is 14.5 Å². The van der Waals surface area contributed by atoms with E-state index in [0.29, 0.717) is 22.6 Å². The molecule has 200 valence electrons. The highest BCUT2D eigenvalue weighted by atomic mass is 16.5. The van der Waals surface area contributed by atoms with Gasteiger partial charge in [-0.15, -0.1) is 0 Å². The minimum absolute atomic E-state index is 0.0380. The fourth-order valence-electron chi connectivity index (χ4n) is 4.65. The number of rotatable bonds is 7. The molecule has 1 aliphatic heterocycles. The zero-order valence-electron chi connectivity index (χ0n) is 22.7. The van der Waals surface area contributed by atoms with Crippen LogP contribution in [0.15, 0.2) is 94.3 Å². The maximum absolute atomic E-state index is 13.7. The number of aryl methyl sites for hydroxylation is 1. The zero-order chi connectivity index (χ0) is 28.4. The van der Waals surface area contributed by atoms with Crippen LogP contribution in [0.4, 0.5) is 0 Å². The van der Waals surface area contributed by atoms with Crippen molar-refractivity contribution < 1.29 is 18.7 Å². The molecule has 0 N–H and O–H groups in total. The van der Waals surface area contributed by atoms with Gasteiger partial charge in [-0.1, -0.05) is 18.2 Å². The fourth-order valence-corrected chi connectivity index (χ4v) is 4.65. The first kappa shape index (κ1) is 26.4. The van der Waals surface area contributed by atoms with Gasteiger partial charge in [0, 0.05) is 22.9 Å². The Morgan fingerprint density at radius 1 is 1.05 bits per heavy atom. The lowest BCUT2D eigenvalue weighted by Crippen LogP contribution is -2.42. The number of nitrogens with zero attached hydrogens (tertiary/aromatic N) is 4. The van der Waals surface area contributed by atoms with Gasteiger partial charge in [0.2, 0.25) is 0 Å². The van der Waals surface area contributed by atoms with Gasteiger partial charge in [-0.25, -0.2) is 4.68 Å². The molecule has 0 saturated carbocycles. The van der Waals surface area contributed by atoms with Crippen molar-refractivity contribution in [2.45, 2.75) is 40.3 Å². The molecule has 0 bridgehead atoms. The molecule has 0 fully saturated rings. The number of furan rings is 1. The van der Waals surface area contributed by atoms with Crippen LogP contribution in [-0.4, -0.2) is 32.6 Å². The number of carbonyl (C=O) groups excluding carboxylic acids is 2. The maximum Gasteiger partial charge on any atom is 0.272 e. The Morgan fingerprint density at radius 2 is 1.82 bits per heavy atom. The SMILES string of the molecule is CC1=C(C#N)C(=O)N(Cc2ccco2)C(=O)/C1=C/c1cn(-c2ccccc2)nc1-c1ccc(OC(C)C)cc1C. The Labute approximate surface area is 232 Å². The molecular weight excluding hydrogens is 504 g/mol. The van der Waals surface area contributed by atoms with Crippen LogP contribution in [-0.2, 0) is 16.1 Å². The summed E-state index contributed by atoms with van der Waals surface area (Å²) in [5, 5.41) is 14.7. The van der Waals surface area contributed by atoms with Crippen molar-refractivity contribution >= 4 is 17.9 Å². The van der Waals surface area contributed by atoms with E-state index in [9.17, 15) is 14.9 Å². The molecule has 0 unspecified atom stereocenters. The first-order valence-electron chi connectivity index (χ1n) is 12.9. The summed E-state index contributed by atoms with van der Waals surface area (Å²) in [5.41, 5.74) is 4.46. The number of amides is 2. The highest BCUT2D eigenvalue weighted by Gasteiger charge is 2.36. The Morgan fingerprint density at radius 3 is 2.48 bits per heavy atom. The molecular formula is C32H28N4O4. The molecule has 2 amide bonds. The van der Waals surface area contributed by atoms with Crippen molar-refractivity contribution in [3.8, 4) is 28.8 Å². The Bertz CT molecular complexity index is 1690. The molecule has 2 aromatic carbocycles. The van der Waals surface area contributed by atoms with E-state index in [4.69, 9.17) is 14.3 Å². The smallest absolute Gasteiger partial charge is 0.272 e. The third kappa shape index (κ3) is 5.09. The molecule has 4 aromatic rings. The largest absolute Gasteiger partial charge is 0.491 e. The van der Waals surface area contributed by atoms with E-state index in [2.05, 4.69) is 0 Å². The van der Waals surface area contributed by atoms with E-state index >= 15 is 0 Å². The Kier molecular flexibility index (Phi) is 7.21. The predicted octanol–water partition coefficient (Wildman–Crippen LogP) is 6.02. The molecule has 40 heavy (non-hydrogen) atoms. The molecule has 1 aliphatic rings. The first-order chi connectivity index (χ1) is 19.3. The molecule has 5 rings (SSSR count). The van der Waals surface area contributed by atoms with Crippen LogP contribution in [0.1, 0.15) is 37.7 Å². The summed E-state index contributed by atoms with van der Waals surface area (Å²) in [5.74, 6) is 0.0458. The summed E-state index contributed by atoms with van der Waals surface area (Å²) in [6, 6.07) is 20.8. The van der Waals surface area contributed by atoms with Crippen molar-refractivity contribution in [1.29, 1.82) is 5.26 Å². The van der Waals surface area contributed by atoms with Gasteiger partial charge in [0.15, 0.2) is 0 Å². The number of imide groups is 1. The molecule has 0 radical (unpaired) electrons. The van der Waals surface area contributed by atoms with Crippen molar-refractivity contribution in [3.63, 3.8) is 0 Å². The van der Waals surface area contributed by atoms with Gasteiger partial charge in [0.25, 0.3) is 11.8 Å². The Hall–Kier alpha value is -5.16. The highest BCUT2D eigenvalue weighted by Crippen LogP contribution is 2.34. The summed E-state index contributed by atoms with van der Waals surface area (Å²) in [6.45, 7) is 7.47. The van der Waals surface area contributed by atoms with Gasteiger partial charge in [0.1, 0.15) is 28.8 Å². The number of hydrogen-bond acceptors (Lipinski definition) is 6. The lowest BCUT2D eigenvalue weighted by atomic mass is 9.92. The quantitative estimate of drug-likeness (QED) is 0.213. The summed E-state index contributed by atoms with van der Waals surface area (Å²) in [7, 11) is 0. The molecule has 2 aromatic heterocycles. The topological polar surface area (TPSA) is 101 Å². The van der Waals surface area contributed by atoms with Gasteiger partial charge in [0.05, 0.1) is 24.6 Å². The Balaban J connectivity index is 1.66. The lowest BCUT2D eigenvalue weighted by Gasteiger charge is -2.26.